The maximum Gasteiger partial charge on any atom is 0.323 e. The zero-order chi connectivity index (χ0) is 13.8. The van der Waals surface area contributed by atoms with Crippen LogP contribution in [0.15, 0.2) is 0 Å². The number of hydrogen-bond donors (Lipinski definition) is 2. The Bertz CT molecular complexity index is 275. The Morgan fingerprint density at radius 2 is 1.89 bits per heavy atom. The first kappa shape index (κ1) is 15.4. The van der Waals surface area contributed by atoms with E-state index in [0.717, 1.165) is 32.7 Å². The van der Waals surface area contributed by atoms with Crippen LogP contribution in [0.4, 0.5) is 0 Å². The monoisotopic (exact) mass is 257 g/mol. The van der Waals surface area contributed by atoms with Crippen molar-refractivity contribution in [2.24, 2.45) is 0 Å². The molecule has 0 aromatic heterocycles. The van der Waals surface area contributed by atoms with E-state index in [1.165, 1.54) is 0 Å². The lowest BCUT2D eigenvalue weighted by atomic mass is 9.96. The first-order valence-corrected chi connectivity index (χ1v) is 6.75. The van der Waals surface area contributed by atoms with Crippen molar-refractivity contribution in [1.29, 1.82) is 0 Å². The van der Waals surface area contributed by atoms with Crippen LogP contribution >= 0.6 is 0 Å². The minimum atomic E-state index is -0.822. The molecule has 106 valence electrons. The van der Waals surface area contributed by atoms with Crippen molar-refractivity contribution in [2.45, 2.75) is 38.8 Å². The third kappa shape index (κ3) is 4.55. The normalized spacial score (nSPS) is 22.1. The fourth-order valence-electron chi connectivity index (χ4n) is 2.33. The van der Waals surface area contributed by atoms with Crippen molar-refractivity contribution < 1.29 is 9.90 Å². The fourth-order valence-corrected chi connectivity index (χ4v) is 2.33. The third-order valence-corrected chi connectivity index (χ3v) is 3.60. The van der Waals surface area contributed by atoms with Gasteiger partial charge in [0.15, 0.2) is 0 Å². The molecule has 1 atom stereocenters. The van der Waals surface area contributed by atoms with Gasteiger partial charge < -0.3 is 14.9 Å². The lowest BCUT2D eigenvalue weighted by Crippen LogP contribution is -2.55. The van der Waals surface area contributed by atoms with E-state index in [1.807, 2.05) is 13.8 Å². The summed E-state index contributed by atoms with van der Waals surface area (Å²) in [5, 5.41) is 12.5. The smallest absolute Gasteiger partial charge is 0.323 e. The predicted octanol–water partition coefficient (Wildman–Crippen LogP) is 0.465. The SMILES string of the molecule is CC(C)NC(C)(CCN1CCN(C)CC1)C(=O)O. The molecule has 0 bridgehead atoms. The average molecular weight is 257 g/mol. The van der Waals surface area contributed by atoms with E-state index >= 15 is 0 Å². The molecule has 0 aromatic carbocycles. The van der Waals surface area contributed by atoms with E-state index in [1.54, 1.807) is 6.92 Å². The van der Waals surface area contributed by atoms with Crippen molar-refractivity contribution >= 4 is 5.97 Å². The summed E-state index contributed by atoms with van der Waals surface area (Å²) >= 11 is 0. The molecule has 0 spiro atoms. The number of carbonyl (C=O) groups is 1. The second-order valence-corrected chi connectivity index (χ2v) is 5.83. The number of aliphatic carboxylic acids is 1. The van der Waals surface area contributed by atoms with Crippen LogP contribution in [-0.4, -0.2) is 72.2 Å². The van der Waals surface area contributed by atoms with Gasteiger partial charge in [0.1, 0.15) is 5.54 Å². The minimum Gasteiger partial charge on any atom is -0.480 e. The van der Waals surface area contributed by atoms with Gasteiger partial charge in [-0.05, 0) is 34.2 Å². The molecular formula is C13H27N3O2. The highest BCUT2D eigenvalue weighted by atomic mass is 16.4. The molecule has 1 unspecified atom stereocenters. The van der Waals surface area contributed by atoms with Crippen LogP contribution in [0.1, 0.15) is 27.2 Å². The first-order chi connectivity index (χ1) is 8.33. The van der Waals surface area contributed by atoms with E-state index in [9.17, 15) is 9.90 Å². The Morgan fingerprint density at radius 1 is 1.33 bits per heavy atom. The molecule has 1 saturated heterocycles. The Kier molecular flexibility index (Phi) is 5.56. The number of hydrogen-bond acceptors (Lipinski definition) is 4. The van der Waals surface area contributed by atoms with Crippen molar-refractivity contribution in [3.05, 3.63) is 0 Å². The van der Waals surface area contributed by atoms with Gasteiger partial charge in [-0.1, -0.05) is 0 Å². The first-order valence-electron chi connectivity index (χ1n) is 6.75. The molecule has 2 N–H and O–H groups in total. The van der Waals surface area contributed by atoms with Gasteiger partial charge in [-0.2, -0.15) is 0 Å². The molecule has 0 aliphatic carbocycles. The predicted molar refractivity (Wildman–Crippen MR) is 72.9 cm³/mol. The quantitative estimate of drug-likeness (QED) is 0.724. The summed E-state index contributed by atoms with van der Waals surface area (Å²) in [5.41, 5.74) is -0.822. The van der Waals surface area contributed by atoms with Gasteiger partial charge in [-0.15, -0.1) is 0 Å². The van der Waals surface area contributed by atoms with E-state index in [4.69, 9.17) is 0 Å². The van der Waals surface area contributed by atoms with E-state index in [0.29, 0.717) is 6.42 Å². The molecule has 1 aliphatic heterocycles. The van der Waals surface area contributed by atoms with Crippen LogP contribution in [0.5, 0.6) is 0 Å². The Balaban J connectivity index is 2.45. The maximum atomic E-state index is 11.4. The summed E-state index contributed by atoms with van der Waals surface area (Å²) in [5.74, 6) is -0.759. The number of piperazine rings is 1. The largest absolute Gasteiger partial charge is 0.480 e. The molecule has 0 aromatic rings. The average Bonchev–Trinajstić information content (AvgIpc) is 2.27. The fraction of sp³-hybridized carbons (Fsp3) is 0.923. The van der Waals surface area contributed by atoms with Crippen molar-refractivity contribution in [2.75, 3.05) is 39.8 Å². The standard InChI is InChI=1S/C13H27N3O2/c1-11(2)14-13(3,12(17)18)5-6-16-9-7-15(4)8-10-16/h11,14H,5-10H2,1-4H3,(H,17,18). The van der Waals surface area contributed by atoms with Gasteiger partial charge in [0, 0.05) is 38.8 Å². The minimum absolute atomic E-state index is 0.179. The zero-order valence-electron chi connectivity index (χ0n) is 12.1. The Hall–Kier alpha value is -0.650. The van der Waals surface area contributed by atoms with Crippen molar-refractivity contribution in [3.63, 3.8) is 0 Å². The number of carboxylic acids is 1. The lowest BCUT2D eigenvalue weighted by Gasteiger charge is -2.35. The molecule has 18 heavy (non-hydrogen) atoms. The highest BCUT2D eigenvalue weighted by molar-refractivity contribution is 5.78. The van der Waals surface area contributed by atoms with Crippen LogP contribution in [0.2, 0.25) is 0 Å². The molecule has 1 rings (SSSR count). The maximum absolute atomic E-state index is 11.4. The van der Waals surface area contributed by atoms with Crippen LogP contribution in [0.25, 0.3) is 0 Å². The number of rotatable bonds is 6. The van der Waals surface area contributed by atoms with Gasteiger partial charge in [0.25, 0.3) is 0 Å². The Labute approximate surface area is 110 Å². The second-order valence-electron chi connectivity index (χ2n) is 5.83. The molecule has 1 aliphatic rings. The summed E-state index contributed by atoms with van der Waals surface area (Å²) in [6, 6.07) is 0.179. The van der Waals surface area contributed by atoms with Gasteiger partial charge >= 0.3 is 5.97 Å². The molecule has 5 nitrogen and oxygen atoms in total. The lowest BCUT2D eigenvalue weighted by molar-refractivity contribution is -0.145. The van der Waals surface area contributed by atoms with E-state index in [-0.39, 0.29) is 6.04 Å². The van der Waals surface area contributed by atoms with E-state index < -0.39 is 11.5 Å². The van der Waals surface area contributed by atoms with Gasteiger partial charge in [-0.3, -0.25) is 10.1 Å². The number of likely N-dealkylation sites (N-methyl/N-ethyl adjacent to an activating group) is 1. The molecule has 5 heteroatoms. The Morgan fingerprint density at radius 3 is 2.33 bits per heavy atom. The van der Waals surface area contributed by atoms with Gasteiger partial charge in [-0.25, -0.2) is 0 Å². The van der Waals surface area contributed by atoms with Crippen molar-refractivity contribution in [1.82, 2.24) is 15.1 Å². The van der Waals surface area contributed by atoms with Crippen LogP contribution in [0, 0.1) is 0 Å². The second kappa shape index (κ2) is 6.50. The molecule has 1 fully saturated rings. The molecule has 1 heterocycles. The summed E-state index contributed by atoms with van der Waals surface area (Å²) in [7, 11) is 2.12. The van der Waals surface area contributed by atoms with Gasteiger partial charge in [0.05, 0.1) is 0 Å². The third-order valence-electron chi connectivity index (χ3n) is 3.60. The molecule has 0 amide bonds. The van der Waals surface area contributed by atoms with E-state index in [2.05, 4.69) is 22.2 Å². The summed E-state index contributed by atoms with van der Waals surface area (Å²) in [6.45, 7) is 10.8. The highest BCUT2D eigenvalue weighted by Crippen LogP contribution is 2.13. The molecule has 0 radical (unpaired) electrons. The van der Waals surface area contributed by atoms with Gasteiger partial charge in [0.2, 0.25) is 0 Å². The van der Waals surface area contributed by atoms with Crippen LogP contribution in [-0.2, 0) is 4.79 Å². The van der Waals surface area contributed by atoms with Crippen LogP contribution in [0.3, 0.4) is 0 Å². The molecule has 0 saturated carbocycles. The number of nitrogens with one attached hydrogen (secondary N) is 1. The summed E-state index contributed by atoms with van der Waals surface area (Å²) in [6.07, 6.45) is 0.643. The highest BCUT2D eigenvalue weighted by Gasteiger charge is 2.33. The van der Waals surface area contributed by atoms with Crippen molar-refractivity contribution in [3.8, 4) is 0 Å². The summed E-state index contributed by atoms with van der Waals surface area (Å²) in [4.78, 5) is 16.0. The van der Waals surface area contributed by atoms with Crippen LogP contribution < -0.4 is 5.32 Å². The number of nitrogens with zero attached hydrogens (tertiary/aromatic N) is 2. The zero-order valence-corrected chi connectivity index (χ0v) is 12.1. The summed E-state index contributed by atoms with van der Waals surface area (Å²) < 4.78 is 0. The number of carboxylic acid groups (broad SMARTS) is 1. The topological polar surface area (TPSA) is 55.8 Å². The molecular weight excluding hydrogens is 230 g/mol.